The highest BCUT2D eigenvalue weighted by Crippen LogP contribution is 2.46. The van der Waals surface area contributed by atoms with Crippen LogP contribution in [-0.2, 0) is 6.42 Å². The van der Waals surface area contributed by atoms with Gasteiger partial charge in [-0.25, -0.2) is 4.68 Å². The molecule has 0 bridgehead atoms. The third-order valence-electron chi connectivity index (χ3n) is 4.94. The number of benzene rings is 2. The number of phenolic OH excluding ortho intramolecular Hbond substituents is 2. The van der Waals surface area contributed by atoms with Gasteiger partial charge in [-0.1, -0.05) is 37.6 Å². The molecule has 0 aliphatic carbocycles. The maximum Gasteiger partial charge on any atom is 0.229 e. The number of fused-ring (bicyclic) bond motifs is 1. The number of hydrogen-bond acceptors (Lipinski definition) is 6. The topological polar surface area (TPSA) is 117 Å². The molecule has 0 saturated carbocycles. The van der Waals surface area contributed by atoms with Crippen LogP contribution >= 0.6 is 0 Å². The van der Waals surface area contributed by atoms with E-state index in [1.807, 2.05) is 30.3 Å². The standard InChI is InChI=1S/C22H20N4O3/c1-2-6-16-20-19(13-9-10-17(27)18(28)11-13)15(12-23)21(24)29-22(20)26(25-16)14-7-4-3-5-8-14/h3-5,7-11,19,27-28H,2,6,24H2,1H3/t19-/m0/s1. The number of aromatic hydroxyl groups is 2. The fraction of sp³-hybridized carbons (Fsp3) is 0.182. The van der Waals surface area contributed by atoms with Crippen LogP contribution in [0.3, 0.4) is 0 Å². The van der Waals surface area contributed by atoms with Gasteiger partial charge in [-0.15, -0.1) is 0 Å². The molecule has 4 rings (SSSR count). The number of nitriles is 1. The summed E-state index contributed by atoms with van der Waals surface area (Å²) in [5.41, 5.74) is 9.32. The van der Waals surface area contributed by atoms with Crippen molar-refractivity contribution in [3.63, 3.8) is 0 Å². The van der Waals surface area contributed by atoms with Gasteiger partial charge in [0.25, 0.3) is 0 Å². The summed E-state index contributed by atoms with van der Waals surface area (Å²) in [6, 6.07) is 16.2. The quantitative estimate of drug-likeness (QED) is 0.589. The van der Waals surface area contributed by atoms with Gasteiger partial charge in [0, 0.05) is 0 Å². The van der Waals surface area contributed by atoms with Crippen LogP contribution in [0.4, 0.5) is 0 Å². The van der Waals surface area contributed by atoms with Gasteiger partial charge < -0.3 is 20.7 Å². The minimum Gasteiger partial charge on any atom is -0.504 e. The first-order valence-electron chi connectivity index (χ1n) is 9.31. The van der Waals surface area contributed by atoms with Gasteiger partial charge in [-0.2, -0.15) is 10.4 Å². The molecular weight excluding hydrogens is 368 g/mol. The average molecular weight is 388 g/mol. The van der Waals surface area contributed by atoms with E-state index in [0.717, 1.165) is 23.4 Å². The molecule has 2 aromatic carbocycles. The van der Waals surface area contributed by atoms with Crippen LogP contribution in [0.2, 0.25) is 0 Å². The van der Waals surface area contributed by atoms with Crippen molar-refractivity contribution in [3.8, 4) is 29.1 Å². The van der Waals surface area contributed by atoms with E-state index in [9.17, 15) is 15.5 Å². The van der Waals surface area contributed by atoms with E-state index in [-0.39, 0.29) is 23.0 Å². The second kappa shape index (κ2) is 7.24. The largest absolute Gasteiger partial charge is 0.504 e. The number of phenols is 2. The molecule has 1 aliphatic heterocycles. The third-order valence-corrected chi connectivity index (χ3v) is 4.94. The number of ether oxygens (including phenoxy) is 1. The average Bonchev–Trinajstić information content (AvgIpc) is 3.08. The zero-order chi connectivity index (χ0) is 20.5. The molecule has 4 N–H and O–H groups in total. The monoisotopic (exact) mass is 388 g/mol. The van der Waals surface area contributed by atoms with Crippen molar-refractivity contribution in [2.75, 3.05) is 0 Å². The van der Waals surface area contributed by atoms with Gasteiger partial charge in [0.15, 0.2) is 11.5 Å². The Labute approximate surface area is 167 Å². The molecule has 1 aromatic heterocycles. The number of nitrogens with zero attached hydrogens (tertiary/aromatic N) is 3. The lowest BCUT2D eigenvalue weighted by molar-refractivity contribution is 0.366. The summed E-state index contributed by atoms with van der Waals surface area (Å²) in [6.07, 6.45) is 1.54. The fourth-order valence-corrected chi connectivity index (χ4v) is 3.63. The Kier molecular flexibility index (Phi) is 4.61. The Morgan fingerprint density at radius 3 is 2.59 bits per heavy atom. The van der Waals surface area contributed by atoms with E-state index in [0.29, 0.717) is 17.9 Å². The molecule has 1 atom stereocenters. The summed E-state index contributed by atoms with van der Waals surface area (Å²) in [5.74, 6) is -0.607. The van der Waals surface area contributed by atoms with Gasteiger partial charge in [-0.05, 0) is 36.2 Å². The van der Waals surface area contributed by atoms with Crippen molar-refractivity contribution in [1.82, 2.24) is 9.78 Å². The van der Waals surface area contributed by atoms with Gasteiger partial charge in [0.1, 0.15) is 11.6 Å². The molecule has 3 aromatic rings. The maximum atomic E-state index is 10.0. The van der Waals surface area contributed by atoms with Crippen LogP contribution < -0.4 is 10.5 Å². The summed E-state index contributed by atoms with van der Waals surface area (Å²) in [6.45, 7) is 2.05. The van der Waals surface area contributed by atoms with Crippen molar-refractivity contribution < 1.29 is 14.9 Å². The Balaban J connectivity index is 1.99. The van der Waals surface area contributed by atoms with E-state index in [2.05, 4.69) is 13.0 Å². The predicted molar refractivity (Wildman–Crippen MR) is 107 cm³/mol. The lowest BCUT2D eigenvalue weighted by Crippen LogP contribution is -2.22. The SMILES string of the molecule is CCCc1nn(-c2ccccc2)c2c1[C@@H](c1ccc(O)c(O)c1)C(C#N)=C(N)O2. The Hall–Kier alpha value is -3.92. The van der Waals surface area contributed by atoms with E-state index in [1.54, 1.807) is 10.7 Å². The number of nitrogens with two attached hydrogens (primary N) is 1. The normalized spacial score (nSPS) is 15.5. The summed E-state index contributed by atoms with van der Waals surface area (Å²) < 4.78 is 7.57. The Morgan fingerprint density at radius 2 is 1.93 bits per heavy atom. The van der Waals surface area contributed by atoms with Crippen molar-refractivity contribution in [2.45, 2.75) is 25.7 Å². The molecule has 29 heavy (non-hydrogen) atoms. The van der Waals surface area contributed by atoms with Crippen molar-refractivity contribution in [2.24, 2.45) is 5.73 Å². The van der Waals surface area contributed by atoms with Crippen LogP contribution in [0.15, 0.2) is 60.0 Å². The number of hydrogen-bond donors (Lipinski definition) is 3. The summed E-state index contributed by atoms with van der Waals surface area (Å²) in [7, 11) is 0. The van der Waals surface area contributed by atoms with Gasteiger partial charge in [-0.3, -0.25) is 0 Å². The van der Waals surface area contributed by atoms with Crippen LogP contribution in [0.5, 0.6) is 17.4 Å². The Bertz CT molecular complexity index is 1140. The van der Waals surface area contributed by atoms with Crippen molar-refractivity contribution in [3.05, 3.63) is 76.8 Å². The third kappa shape index (κ3) is 3.05. The number of allylic oxidation sites excluding steroid dienone is 1. The highest BCUT2D eigenvalue weighted by atomic mass is 16.5. The first kappa shape index (κ1) is 18.4. The zero-order valence-electron chi connectivity index (χ0n) is 15.8. The van der Waals surface area contributed by atoms with E-state index in [1.165, 1.54) is 12.1 Å². The van der Waals surface area contributed by atoms with Gasteiger partial charge in [0.05, 0.1) is 22.9 Å². The molecule has 0 spiro atoms. The molecular formula is C22H20N4O3. The van der Waals surface area contributed by atoms with E-state index >= 15 is 0 Å². The number of aromatic nitrogens is 2. The first-order valence-corrected chi connectivity index (χ1v) is 9.31. The number of para-hydroxylation sites is 1. The molecule has 0 fully saturated rings. The maximum absolute atomic E-state index is 10.0. The lowest BCUT2D eigenvalue weighted by Gasteiger charge is -2.25. The number of aryl methyl sites for hydroxylation is 1. The molecule has 7 nitrogen and oxygen atoms in total. The van der Waals surface area contributed by atoms with Gasteiger partial charge >= 0.3 is 0 Å². The summed E-state index contributed by atoms with van der Waals surface area (Å²) in [4.78, 5) is 0. The van der Waals surface area contributed by atoms with Crippen LogP contribution in [-0.4, -0.2) is 20.0 Å². The number of rotatable bonds is 4. The molecule has 7 heteroatoms. The smallest absolute Gasteiger partial charge is 0.229 e. The van der Waals surface area contributed by atoms with E-state index < -0.39 is 5.92 Å². The minimum atomic E-state index is -0.561. The van der Waals surface area contributed by atoms with Gasteiger partial charge in [0.2, 0.25) is 11.8 Å². The molecule has 0 amide bonds. The zero-order valence-corrected chi connectivity index (χ0v) is 15.8. The van der Waals surface area contributed by atoms with Crippen LogP contribution in [0.1, 0.15) is 36.1 Å². The molecule has 2 heterocycles. The second-order valence-electron chi connectivity index (χ2n) is 6.84. The molecule has 0 saturated heterocycles. The van der Waals surface area contributed by atoms with Crippen molar-refractivity contribution in [1.29, 1.82) is 5.26 Å². The lowest BCUT2D eigenvalue weighted by atomic mass is 9.83. The highest BCUT2D eigenvalue weighted by Gasteiger charge is 2.37. The van der Waals surface area contributed by atoms with Crippen molar-refractivity contribution >= 4 is 0 Å². The minimum absolute atomic E-state index is 0.00213. The van der Waals surface area contributed by atoms with Crippen LogP contribution in [0.25, 0.3) is 5.69 Å². The molecule has 0 radical (unpaired) electrons. The highest BCUT2D eigenvalue weighted by molar-refractivity contribution is 5.59. The van der Waals surface area contributed by atoms with E-state index in [4.69, 9.17) is 15.6 Å². The first-order chi connectivity index (χ1) is 14.0. The van der Waals surface area contributed by atoms with Crippen LogP contribution in [0, 0.1) is 11.3 Å². The predicted octanol–water partition coefficient (Wildman–Crippen LogP) is 3.45. The molecule has 0 unspecified atom stereocenters. The molecule has 1 aliphatic rings. The fourth-order valence-electron chi connectivity index (χ4n) is 3.63. The Morgan fingerprint density at radius 1 is 1.17 bits per heavy atom. The molecule has 146 valence electrons. The second-order valence-corrected chi connectivity index (χ2v) is 6.84. The summed E-state index contributed by atoms with van der Waals surface area (Å²) >= 11 is 0. The summed E-state index contributed by atoms with van der Waals surface area (Å²) in [5, 5.41) is 34.3.